The Bertz CT molecular complexity index is 220. The quantitative estimate of drug-likeness (QED) is 0.635. The van der Waals surface area contributed by atoms with Gasteiger partial charge in [-0.25, -0.2) is 4.79 Å². The van der Waals surface area contributed by atoms with Gasteiger partial charge in [-0.15, -0.1) is 0 Å². The Balaban J connectivity index is 2.13. The Morgan fingerprint density at radius 2 is 2.38 bits per heavy atom. The summed E-state index contributed by atoms with van der Waals surface area (Å²) in [4.78, 5) is 15.3. The number of aliphatic hydroxyl groups excluding tert-OH is 1. The highest BCUT2D eigenvalue weighted by Crippen LogP contribution is 2.28. The molecule has 0 aromatic heterocycles. The number of hydrogen-bond donors (Lipinski definition) is 1. The number of hydrogen-bond acceptors (Lipinski definition) is 2. The average molecular weight is 184 g/mol. The third kappa shape index (κ3) is 1.29. The summed E-state index contributed by atoms with van der Waals surface area (Å²) in [7, 11) is 1.78. The number of urea groups is 1. The number of rotatable bonds is 1. The van der Waals surface area contributed by atoms with E-state index in [1.807, 2.05) is 4.90 Å². The molecule has 0 radical (unpaired) electrons. The molecule has 2 aliphatic heterocycles. The first-order valence-corrected chi connectivity index (χ1v) is 4.88. The monoisotopic (exact) mass is 184 g/mol. The van der Waals surface area contributed by atoms with E-state index in [9.17, 15) is 4.79 Å². The van der Waals surface area contributed by atoms with E-state index < -0.39 is 0 Å². The van der Waals surface area contributed by atoms with Gasteiger partial charge in [0.25, 0.3) is 0 Å². The van der Waals surface area contributed by atoms with Crippen LogP contribution < -0.4 is 0 Å². The zero-order chi connectivity index (χ0) is 9.42. The van der Waals surface area contributed by atoms with Crippen molar-refractivity contribution in [3.05, 3.63) is 0 Å². The van der Waals surface area contributed by atoms with Gasteiger partial charge >= 0.3 is 6.03 Å². The van der Waals surface area contributed by atoms with Crippen molar-refractivity contribution in [2.75, 3.05) is 20.2 Å². The van der Waals surface area contributed by atoms with Crippen molar-refractivity contribution < 1.29 is 9.90 Å². The van der Waals surface area contributed by atoms with Crippen LogP contribution in [-0.4, -0.2) is 53.2 Å². The van der Waals surface area contributed by atoms with Crippen molar-refractivity contribution in [3.63, 3.8) is 0 Å². The number of aliphatic hydroxyl groups is 1. The summed E-state index contributed by atoms with van der Waals surface area (Å²) < 4.78 is 0. The summed E-state index contributed by atoms with van der Waals surface area (Å²) in [5, 5.41) is 9.09. The minimum atomic E-state index is 0.0341. The first-order valence-electron chi connectivity index (χ1n) is 4.88. The van der Waals surface area contributed by atoms with E-state index in [0.29, 0.717) is 6.04 Å². The predicted molar refractivity (Wildman–Crippen MR) is 48.4 cm³/mol. The van der Waals surface area contributed by atoms with E-state index in [1.54, 1.807) is 11.9 Å². The second-order valence-electron chi connectivity index (χ2n) is 3.96. The van der Waals surface area contributed by atoms with Crippen LogP contribution in [0.5, 0.6) is 0 Å². The lowest BCUT2D eigenvalue weighted by atomic mass is 10.0. The van der Waals surface area contributed by atoms with Gasteiger partial charge in [-0.1, -0.05) is 0 Å². The molecule has 0 aromatic carbocycles. The van der Waals surface area contributed by atoms with Crippen LogP contribution in [0, 0.1) is 0 Å². The van der Waals surface area contributed by atoms with Crippen LogP contribution >= 0.6 is 0 Å². The Labute approximate surface area is 78.1 Å². The molecule has 4 nitrogen and oxygen atoms in total. The van der Waals surface area contributed by atoms with Gasteiger partial charge in [-0.05, 0) is 19.3 Å². The van der Waals surface area contributed by atoms with Crippen molar-refractivity contribution in [1.29, 1.82) is 0 Å². The Morgan fingerprint density at radius 3 is 3.08 bits per heavy atom. The smallest absolute Gasteiger partial charge is 0.320 e. The average Bonchev–Trinajstić information content (AvgIpc) is 2.59. The van der Waals surface area contributed by atoms with Gasteiger partial charge < -0.3 is 14.9 Å². The summed E-state index contributed by atoms with van der Waals surface area (Å²) >= 11 is 0. The predicted octanol–water partition coefficient (Wildman–Crippen LogP) is 0.267. The summed E-state index contributed by atoms with van der Waals surface area (Å²) in [6.07, 6.45) is 3.15. The Kier molecular flexibility index (Phi) is 2.15. The van der Waals surface area contributed by atoms with E-state index in [2.05, 4.69) is 0 Å². The van der Waals surface area contributed by atoms with Crippen molar-refractivity contribution in [3.8, 4) is 0 Å². The minimum Gasteiger partial charge on any atom is -0.394 e. The van der Waals surface area contributed by atoms with Gasteiger partial charge in [0.1, 0.15) is 0 Å². The van der Waals surface area contributed by atoms with Gasteiger partial charge in [-0.3, -0.25) is 0 Å². The van der Waals surface area contributed by atoms with Crippen molar-refractivity contribution in [2.24, 2.45) is 0 Å². The first kappa shape index (κ1) is 8.81. The molecule has 0 spiro atoms. The molecule has 2 aliphatic rings. The Morgan fingerprint density at radius 1 is 1.62 bits per heavy atom. The van der Waals surface area contributed by atoms with Crippen LogP contribution in [0.25, 0.3) is 0 Å². The second kappa shape index (κ2) is 3.18. The van der Waals surface area contributed by atoms with Crippen LogP contribution in [0.3, 0.4) is 0 Å². The standard InChI is InChI=1S/C9H16N2O2/c1-10-8(6-12)5-7-3-2-4-11(7)9(10)13/h7-8,12H,2-6H2,1H3/t7-,8-/m0/s1. The highest BCUT2D eigenvalue weighted by molar-refractivity contribution is 5.76. The topological polar surface area (TPSA) is 43.8 Å². The highest BCUT2D eigenvalue weighted by Gasteiger charge is 2.39. The lowest BCUT2D eigenvalue weighted by Crippen LogP contribution is -2.55. The third-order valence-electron chi connectivity index (χ3n) is 3.23. The van der Waals surface area contributed by atoms with Gasteiger partial charge in [-0.2, -0.15) is 0 Å². The molecule has 0 unspecified atom stereocenters. The lowest BCUT2D eigenvalue weighted by Gasteiger charge is -2.40. The molecule has 0 aliphatic carbocycles. The zero-order valence-electron chi connectivity index (χ0n) is 7.94. The van der Waals surface area contributed by atoms with Crippen LogP contribution in [-0.2, 0) is 0 Å². The van der Waals surface area contributed by atoms with Gasteiger partial charge in [0, 0.05) is 19.6 Å². The number of nitrogens with zero attached hydrogens (tertiary/aromatic N) is 2. The molecule has 2 atom stereocenters. The number of likely N-dealkylation sites (N-methyl/N-ethyl adjacent to an activating group) is 1. The van der Waals surface area contributed by atoms with Crippen LogP contribution in [0.2, 0.25) is 0 Å². The van der Waals surface area contributed by atoms with Crippen LogP contribution in [0.15, 0.2) is 0 Å². The molecular weight excluding hydrogens is 168 g/mol. The maximum Gasteiger partial charge on any atom is 0.320 e. The largest absolute Gasteiger partial charge is 0.394 e. The normalized spacial score (nSPS) is 33.8. The maximum absolute atomic E-state index is 11.7. The van der Waals surface area contributed by atoms with Crippen molar-refractivity contribution in [2.45, 2.75) is 31.3 Å². The first-order chi connectivity index (χ1) is 6.24. The Hall–Kier alpha value is -0.770. The third-order valence-corrected chi connectivity index (χ3v) is 3.23. The zero-order valence-corrected chi connectivity index (χ0v) is 7.94. The van der Waals surface area contributed by atoms with Gasteiger partial charge in [0.05, 0.1) is 12.6 Å². The van der Waals surface area contributed by atoms with Gasteiger partial charge in [0.15, 0.2) is 0 Å². The van der Waals surface area contributed by atoms with E-state index >= 15 is 0 Å². The summed E-state index contributed by atoms with van der Waals surface area (Å²) in [5.41, 5.74) is 0. The van der Waals surface area contributed by atoms with Gasteiger partial charge in [0.2, 0.25) is 0 Å². The molecule has 2 fully saturated rings. The molecule has 4 heteroatoms. The number of carbonyl (C=O) groups is 1. The fourth-order valence-corrected chi connectivity index (χ4v) is 2.36. The van der Waals surface area contributed by atoms with E-state index in [4.69, 9.17) is 5.11 Å². The number of fused-ring (bicyclic) bond motifs is 1. The lowest BCUT2D eigenvalue weighted by molar-refractivity contribution is 0.0707. The molecule has 74 valence electrons. The fraction of sp³-hybridized carbons (Fsp3) is 0.889. The van der Waals surface area contributed by atoms with E-state index in [0.717, 1.165) is 25.8 Å². The minimum absolute atomic E-state index is 0.0341. The molecule has 1 N–H and O–H groups in total. The molecule has 0 bridgehead atoms. The van der Waals surface area contributed by atoms with E-state index in [-0.39, 0.29) is 18.7 Å². The van der Waals surface area contributed by atoms with E-state index in [1.165, 1.54) is 0 Å². The number of carbonyl (C=O) groups excluding carboxylic acids is 1. The summed E-state index contributed by atoms with van der Waals surface area (Å²) in [6.45, 7) is 0.985. The summed E-state index contributed by atoms with van der Waals surface area (Å²) in [6, 6.07) is 0.514. The molecule has 2 rings (SSSR count). The molecule has 2 saturated heterocycles. The fourth-order valence-electron chi connectivity index (χ4n) is 2.36. The molecule has 2 heterocycles. The maximum atomic E-state index is 11.7. The molecule has 2 amide bonds. The molecule has 0 aromatic rings. The van der Waals surface area contributed by atoms with Crippen LogP contribution in [0.4, 0.5) is 4.79 Å². The van der Waals surface area contributed by atoms with Crippen LogP contribution in [0.1, 0.15) is 19.3 Å². The van der Waals surface area contributed by atoms with Crippen molar-refractivity contribution in [1.82, 2.24) is 9.80 Å². The number of amides is 2. The van der Waals surface area contributed by atoms with Crippen molar-refractivity contribution >= 4 is 6.03 Å². The second-order valence-corrected chi connectivity index (χ2v) is 3.96. The SMILES string of the molecule is CN1C(=O)N2CCC[C@H]2C[C@H]1CO. The highest BCUT2D eigenvalue weighted by atomic mass is 16.3. The molecule has 0 saturated carbocycles. The molecule has 13 heavy (non-hydrogen) atoms. The summed E-state index contributed by atoms with van der Waals surface area (Å²) in [5.74, 6) is 0. The molecular formula is C9H16N2O2.